The van der Waals surface area contributed by atoms with E-state index in [0.717, 1.165) is 19.4 Å². The van der Waals surface area contributed by atoms with E-state index in [1.807, 2.05) is 0 Å². The van der Waals surface area contributed by atoms with Gasteiger partial charge in [0.05, 0.1) is 6.20 Å². The molecule has 5 nitrogen and oxygen atoms in total. The van der Waals surface area contributed by atoms with Crippen molar-refractivity contribution in [2.24, 2.45) is 7.05 Å². The maximum atomic E-state index is 11.5. The monoisotopic (exact) mass is 210 g/mol. The lowest BCUT2D eigenvalue weighted by Gasteiger charge is -2.01. The van der Waals surface area contributed by atoms with Crippen molar-refractivity contribution in [1.82, 2.24) is 20.3 Å². The number of rotatable bonds is 6. The minimum absolute atomic E-state index is 0.139. The van der Waals surface area contributed by atoms with Crippen LogP contribution in [-0.2, 0) is 7.05 Å². The van der Waals surface area contributed by atoms with Gasteiger partial charge >= 0.3 is 0 Å². The summed E-state index contributed by atoms with van der Waals surface area (Å²) >= 11 is 0. The highest BCUT2D eigenvalue weighted by Gasteiger charge is 2.07. The Bertz CT molecular complexity index is 308. The van der Waals surface area contributed by atoms with Gasteiger partial charge in [-0.1, -0.05) is 31.4 Å². The van der Waals surface area contributed by atoms with Crippen molar-refractivity contribution in [1.29, 1.82) is 0 Å². The molecule has 84 valence electrons. The first-order chi connectivity index (χ1) is 7.24. The van der Waals surface area contributed by atoms with Crippen LogP contribution in [0.5, 0.6) is 0 Å². The molecule has 0 aliphatic heterocycles. The topological polar surface area (TPSA) is 59.8 Å². The number of hydrogen-bond acceptors (Lipinski definition) is 3. The van der Waals surface area contributed by atoms with Gasteiger partial charge in [-0.2, -0.15) is 0 Å². The SMILES string of the molecule is CCCCCCNC(=O)c1cn(C)nn1. The Morgan fingerprint density at radius 3 is 2.87 bits per heavy atom. The number of carbonyl (C=O) groups excluding carboxylic acids is 1. The summed E-state index contributed by atoms with van der Waals surface area (Å²) in [6, 6.07) is 0. The molecule has 5 heteroatoms. The molecule has 1 heterocycles. The predicted molar refractivity (Wildman–Crippen MR) is 57.5 cm³/mol. The summed E-state index contributed by atoms with van der Waals surface area (Å²) in [6.07, 6.45) is 6.23. The molecule has 0 spiro atoms. The van der Waals surface area contributed by atoms with Crippen LogP contribution in [0, 0.1) is 0 Å². The minimum Gasteiger partial charge on any atom is -0.351 e. The van der Waals surface area contributed by atoms with Gasteiger partial charge in [0.2, 0.25) is 0 Å². The van der Waals surface area contributed by atoms with Crippen molar-refractivity contribution in [2.45, 2.75) is 32.6 Å². The standard InChI is InChI=1S/C10H18N4O/c1-3-4-5-6-7-11-10(15)9-8-14(2)13-12-9/h8H,3-7H2,1-2H3,(H,11,15). The summed E-state index contributed by atoms with van der Waals surface area (Å²) in [5, 5.41) is 10.2. The summed E-state index contributed by atoms with van der Waals surface area (Å²) in [5.41, 5.74) is 0.382. The number of amides is 1. The van der Waals surface area contributed by atoms with Gasteiger partial charge in [0.25, 0.3) is 5.91 Å². The van der Waals surface area contributed by atoms with Gasteiger partial charge in [0, 0.05) is 13.6 Å². The van der Waals surface area contributed by atoms with Crippen molar-refractivity contribution in [3.05, 3.63) is 11.9 Å². The van der Waals surface area contributed by atoms with Gasteiger partial charge in [-0.05, 0) is 6.42 Å². The highest BCUT2D eigenvalue weighted by molar-refractivity contribution is 5.91. The average molecular weight is 210 g/mol. The highest BCUT2D eigenvalue weighted by atomic mass is 16.1. The maximum Gasteiger partial charge on any atom is 0.273 e. The number of unbranched alkanes of at least 4 members (excludes halogenated alkanes) is 3. The first-order valence-electron chi connectivity index (χ1n) is 5.38. The number of aryl methyl sites for hydroxylation is 1. The Hall–Kier alpha value is -1.39. The molecule has 0 saturated carbocycles. The average Bonchev–Trinajstić information content (AvgIpc) is 2.64. The van der Waals surface area contributed by atoms with E-state index in [9.17, 15) is 4.79 Å². The Morgan fingerprint density at radius 2 is 2.27 bits per heavy atom. The third kappa shape index (κ3) is 4.10. The molecule has 0 unspecified atom stereocenters. The minimum atomic E-state index is -0.139. The molecule has 0 saturated heterocycles. The van der Waals surface area contributed by atoms with Crippen molar-refractivity contribution in [3.63, 3.8) is 0 Å². The molecule has 1 aromatic rings. The van der Waals surface area contributed by atoms with E-state index in [1.165, 1.54) is 17.5 Å². The molecule has 0 aromatic carbocycles. The zero-order valence-corrected chi connectivity index (χ0v) is 9.36. The molecule has 15 heavy (non-hydrogen) atoms. The van der Waals surface area contributed by atoms with E-state index < -0.39 is 0 Å². The smallest absolute Gasteiger partial charge is 0.273 e. The fourth-order valence-corrected chi connectivity index (χ4v) is 1.30. The van der Waals surface area contributed by atoms with Crippen LogP contribution < -0.4 is 5.32 Å². The van der Waals surface area contributed by atoms with Crippen LogP contribution in [0.1, 0.15) is 43.1 Å². The lowest BCUT2D eigenvalue weighted by atomic mass is 10.2. The Balaban J connectivity index is 2.19. The summed E-state index contributed by atoms with van der Waals surface area (Å²) in [5.74, 6) is -0.139. The molecule has 1 rings (SSSR count). The summed E-state index contributed by atoms with van der Waals surface area (Å²) in [6.45, 7) is 2.88. The van der Waals surface area contributed by atoms with Gasteiger partial charge in [0.1, 0.15) is 0 Å². The lowest BCUT2D eigenvalue weighted by Crippen LogP contribution is -2.24. The summed E-state index contributed by atoms with van der Waals surface area (Å²) in [4.78, 5) is 11.5. The third-order valence-corrected chi connectivity index (χ3v) is 2.15. The molecule has 0 aliphatic rings. The molecule has 1 N–H and O–H groups in total. The van der Waals surface area contributed by atoms with E-state index in [0.29, 0.717) is 5.69 Å². The molecule has 1 amide bonds. The van der Waals surface area contributed by atoms with Gasteiger partial charge < -0.3 is 5.32 Å². The number of nitrogens with zero attached hydrogens (tertiary/aromatic N) is 3. The van der Waals surface area contributed by atoms with Gasteiger partial charge in [-0.3, -0.25) is 9.48 Å². The molecular weight excluding hydrogens is 192 g/mol. The van der Waals surface area contributed by atoms with Crippen molar-refractivity contribution in [3.8, 4) is 0 Å². The first kappa shape index (κ1) is 11.7. The molecule has 0 bridgehead atoms. The molecule has 1 aromatic heterocycles. The van der Waals surface area contributed by atoms with Gasteiger partial charge in [-0.25, -0.2) is 0 Å². The maximum absolute atomic E-state index is 11.5. The predicted octanol–water partition coefficient (Wildman–Crippen LogP) is 1.13. The normalized spacial score (nSPS) is 10.3. The van der Waals surface area contributed by atoms with Gasteiger partial charge in [0.15, 0.2) is 5.69 Å². The Morgan fingerprint density at radius 1 is 1.47 bits per heavy atom. The second-order valence-corrected chi connectivity index (χ2v) is 3.59. The van der Waals surface area contributed by atoms with Crippen LogP contribution >= 0.6 is 0 Å². The largest absolute Gasteiger partial charge is 0.351 e. The van der Waals surface area contributed by atoms with E-state index in [-0.39, 0.29) is 5.91 Å². The van der Waals surface area contributed by atoms with Crippen LogP contribution in [0.3, 0.4) is 0 Å². The number of hydrogen-bond donors (Lipinski definition) is 1. The van der Waals surface area contributed by atoms with E-state index in [2.05, 4.69) is 22.6 Å². The third-order valence-electron chi connectivity index (χ3n) is 2.15. The van der Waals surface area contributed by atoms with Crippen LogP contribution in [0.25, 0.3) is 0 Å². The van der Waals surface area contributed by atoms with Crippen LogP contribution in [-0.4, -0.2) is 27.4 Å². The Kier molecular flexibility index (Phi) is 4.80. The number of carbonyl (C=O) groups is 1. The quantitative estimate of drug-likeness (QED) is 0.716. The molecule has 0 fully saturated rings. The van der Waals surface area contributed by atoms with Crippen molar-refractivity contribution >= 4 is 5.91 Å². The number of aromatic nitrogens is 3. The highest BCUT2D eigenvalue weighted by Crippen LogP contribution is 1.97. The van der Waals surface area contributed by atoms with Crippen LogP contribution in [0.4, 0.5) is 0 Å². The number of nitrogens with one attached hydrogen (secondary N) is 1. The second kappa shape index (κ2) is 6.16. The zero-order valence-electron chi connectivity index (χ0n) is 9.36. The van der Waals surface area contributed by atoms with E-state index >= 15 is 0 Å². The van der Waals surface area contributed by atoms with Gasteiger partial charge in [-0.15, -0.1) is 5.10 Å². The summed E-state index contributed by atoms with van der Waals surface area (Å²) < 4.78 is 1.52. The zero-order chi connectivity index (χ0) is 11.1. The van der Waals surface area contributed by atoms with E-state index in [4.69, 9.17) is 0 Å². The fraction of sp³-hybridized carbons (Fsp3) is 0.700. The first-order valence-corrected chi connectivity index (χ1v) is 5.38. The summed E-state index contributed by atoms with van der Waals surface area (Å²) in [7, 11) is 1.74. The lowest BCUT2D eigenvalue weighted by molar-refractivity contribution is 0.0948. The fourth-order valence-electron chi connectivity index (χ4n) is 1.30. The van der Waals surface area contributed by atoms with Crippen LogP contribution in [0.15, 0.2) is 6.20 Å². The second-order valence-electron chi connectivity index (χ2n) is 3.59. The van der Waals surface area contributed by atoms with Crippen molar-refractivity contribution < 1.29 is 4.79 Å². The molecule has 0 radical (unpaired) electrons. The van der Waals surface area contributed by atoms with E-state index in [1.54, 1.807) is 13.2 Å². The van der Waals surface area contributed by atoms with Crippen molar-refractivity contribution in [2.75, 3.05) is 6.54 Å². The molecule has 0 aliphatic carbocycles. The van der Waals surface area contributed by atoms with Crippen LogP contribution in [0.2, 0.25) is 0 Å². The molecule has 0 atom stereocenters. The Labute approximate surface area is 89.9 Å². The molecular formula is C10H18N4O.